The van der Waals surface area contributed by atoms with Crippen LogP contribution in [0.15, 0.2) is 18.2 Å². The number of aliphatic hydroxyl groups excluding tert-OH is 1. The van der Waals surface area contributed by atoms with Gasteiger partial charge in [0.25, 0.3) is 0 Å². The predicted molar refractivity (Wildman–Crippen MR) is 62.1 cm³/mol. The second kappa shape index (κ2) is 4.98. The Morgan fingerprint density at radius 1 is 1.28 bits per heavy atom. The Bertz CT molecular complexity index is 555. The van der Waals surface area contributed by atoms with Crippen molar-refractivity contribution in [1.29, 1.82) is 0 Å². The van der Waals surface area contributed by atoms with E-state index in [2.05, 4.69) is 11.8 Å². The van der Waals surface area contributed by atoms with Crippen LogP contribution in [0.4, 0.5) is 10.1 Å². The zero-order valence-corrected chi connectivity index (χ0v) is 9.44. The van der Waals surface area contributed by atoms with E-state index in [1.165, 1.54) is 12.1 Å². The Balaban J connectivity index is 2.35. The van der Waals surface area contributed by atoms with E-state index in [0.717, 1.165) is 11.0 Å². The van der Waals surface area contributed by atoms with Gasteiger partial charge in [-0.05, 0) is 18.2 Å². The summed E-state index contributed by atoms with van der Waals surface area (Å²) in [5.41, 5.74) is 0.335. The second-order valence-corrected chi connectivity index (χ2v) is 3.75. The lowest BCUT2D eigenvalue weighted by atomic mass is 10.2. The summed E-state index contributed by atoms with van der Waals surface area (Å²) in [6, 6.07) is 3.98. The van der Waals surface area contributed by atoms with Crippen LogP contribution in [0.1, 0.15) is 18.4 Å². The van der Waals surface area contributed by atoms with E-state index < -0.39 is 17.6 Å². The molecule has 0 aromatic heterocycles. The highest BCUT2D eigenvalue weighted by atomic mass is 19.1. The highest BCUT2D eigenvalue weighted by Gasteiger charge is 2.31. The van der Waals surface area contributed by atoms with E-state index in [1.54, 1.807) is 0 Å². The van der Waals surface area contributed by atoms with E-state index in [0.29, 0.717) is 5.56 Å². The molecule has 1 heterocycles. The van der Waals surface area contributed by atoms with Crippen LogP contribution in [0.2, 0.25) is 0 Å². The lowest BCUT2D eigenvalue weighted by Gasteiger charge is -2.14. The molecule has 1 aromatic carbocycles. The van der Waals surface area contributed by atoms with Gasteiger partial charge in [0.1, 0.15) is 12.4 Å². The molecule has 0 unspecified atom stereocenters. The Morgan fingerprint density at radius 2 is 1.94 bits per heavy atom. The molecule has 1 aliphatic rings. The molecule has 2 rings (SSSR count). The first-order valence-electron chi connectivity index (χ1n) is 5.38. The fourth-order valence-electron chi connectivity index (χ4n) is 1.75. The van der Waals surface area contributed by atoms with Gasteiger partial charge in [0, 0.05) is 18.4 Å². The molecule has 1 fully saturated rings. The molecule has 0 radical (unpaired) electrons. The smallest absolute Gasteiger partial charge is 0.234 e. The van der Waals surface area contributed by atoms with Crippen molar-refractivity contribution in [3.63, 3.8) is 0 Å². The monoisotopic (exact) mass is 247 g/mol. The lowest BCUT2D eigenvalue weighted by Crippen LogP contribution is -2.29. The molecular weight excluding hydrogens is 237 g/mol. The van der Waals surface area contributed by atoms with E-state index in [9.17, 15) is 14.0 Å². The summed E-state index contributed by atoms with van der Waals surface area (Å²) in [5.74, 6) is 3.47. The average Bonchev–Trinajstić information content (AvgIpc) is 2.67. The van der Waals surface area contributed by atoms with Crippen LogP contribution in [0, 0.1) is 17.7 Å². The maximum atomic E-state index is 13.8. The summed E-state index contributed by atoms with van der Waals surface area (Å²) < 4.78 is 13.8. The number of rotatable bonds is 1. The molecule has 5 heteroatoms. The fraction of sp³-hybridized carbons (Fsp3) is 0.231. The minimum Gasteiger partial charge on any atom is -0.384 e. The van der Waals surface area contributed by atoms with Gasteiger partial charge in [0.15, 0.2) is 0 Å². The van der Waals surface area contributed by atoms with Crippen LogP contribution < -0.4 is 4.90 Å². The van der Waals surface area contributed by atoms with E-state index >= 15 is 0 Å². The van der Waals surface area contributed by atoms with E-state index in [4.69, 9.17) is 5.11 Å². The molecule has 0 bridgehead atoms. The lowest BCUT2D eigenvalue weighted by molar-refractivity contribution is -0.121. The Labute approximate surface area is 103 Å². The predicted octanol–water partition coefficient (Wildman–Crippen LogP) is 0.823. The molecular formula is C13H10FNO3. The fourth-order valence-corrected chi connectivity index (χ4v) is 1.75. The Hall–Kier alpha value is -2.19. The number of aliphatic hydroxyl groups is 1. The highest BCUT2D eigenvalue weighted by Crippen LogP contribution is 2.25. The molecule has 1 aromatic rings. The summed E-state index contributed by atoms with van der Waals surface area (Å²) in [4.78, 5) is 23.8. The van der Waals surface area contributed by atoms with Crippen molar-refractivity contribution in [2.75, 3.05) is 11.5 Å². The third-order valence-corrected chi connectivity index (χ3v) is 2.55. The number of amides is 2. The minimum atomic E-state index is -0.677. The number of hydrogen-bond donors (Lipinski definition) is 1. The maximum Gasteiger partial charge on any atom is 0.234 e. The largest absolute Gasteiger partial charge is 0.384 e. The molecule has 18 heavy (non-hydrogen) atoms. The number of benzene rings is 1. The quantitative estimate of drug-likeness (QED) is 0.590. The van der Waals surface area contributed by atoms with Crippen molar-refractivity contribution in [3.05, 3.63) is 29.6 Å². The van der Waals surface area contributed by atoms with Crippen molar-refractivity contribution >= 4 is 17.5 Å². The SMILES string of the molecule is O=C1CCC(=O)N1c1ccc(C#CCO)cc1F. The Morgan fingerprint density at radius 3 is 2.50 bits per heavy atom. The van der Waals surface area contributed by atoms with Crippen molar-refractivity contribution in [2.45, 2.75) is 12.8 Å². The number of nitrogens with zero attached hydrogens (tertiary/aromatic N) is 1. The van der Waals surface area contributed by atoms with Crippen LogP contribution in [-0.4, -0.2) is 23.5 Å². The van der Waals surface area contributed by atoms with Gasteiger partial charge in [-0.2, -0.15) is 0 Å². The molecule has 1 N–H and O–H groups in total. The molecule has 1 aliphatic heterocycles. The third kappa shape index (κ3) is 2.24. The van der Waals surface area contributed by atoms with Crippen molar-refractivity contribution in [1.82, 2.24) is 0 Å². The first kappa shape index (κ1) is 12.3. The van der Waals surface area contributed by atoms with Crippen molar-refractivity contribution < 1.29 is 19.1 Å². The first-order chi connectivity index (χ1) is 8.63. The molecule has 92 valence electrons. The average molecular weight is 247 g/mol. The topological polar surface area (TPSA) is 57.6 Å². The van der Waals surface area contributed by atoms with Crippen molar-refractivity contribution in [3.8, 4) is 11.8 Å². The van der Waals surface area contributed by atoms with Gasteiger partial charge in [-0.3, -0.25) is 9.59 Å². The van der Waals surface area contributed by atoms with Crippen LogP contribution in [0.3, 0.4) is 0 Å². The summed E-state index contributed by atoms with van der Waals surface area (Å²) >= 11 is 0. The number of imide groups is 1. The number of carbonyl (C=O) groups excluding carboxylic acids is 2. The van der Waals surface area contributed by atoms with Crippen LogP contribution >= 0.6 is 0 Å². The molecule has 0 aliphatic carbocycles. The summed E-state index contributed by atoms with van der Waals surface area (Å²) in [5, 5.41) is 8.53. The van der Waals surface area contributed by atoms with Crippen molar-refractivity contribution in [2.24, 2.45) is 0 Å². The summed E-state index contributed by atoms with van der Waals surface area (Å²) in [7, 11) is 0. The molecule has 2 amide bonds. The highest BCUT2D eigenvalue weighted by molar-refractivity contribution is 6.19. The van der Waals surface area contributed by atoms with Gasteiger partial charge in [-0.25, -0.2) is 9.29 Å². The zero-order chi connectivity index (χ0) is 13.1. The summed E-state index contributed by atoms with van der Waals surface area (Å²) in [6.45, 7) is -0.313. The van der Waals surface area contributed by atoms with Gasteiger partial charge in [-0.15, -0.1) is 0 Å². The van der Waals surface area contributed by atoms with Crippen LogP contribution in [-0.2, 0) is 9.59 Å². The number of carbonyl (C=O) groups is 2. The zero-order valence-electron chi connectivity index (χ0n) is 9.44. The third-order valence-electron chi connectivity index (χ3n) is 2.55. The maximum absolute atomic E-state index is 13.8. The van der Waals surface area contributed by atoms with E-state index in [-0.39, 0.29) is 25.1 Å². The van der Waals surface area contributed by atoms with Gasteiger partial charge >= 0.3 is 0 Å². The van der Waals surface area contributed by atoms with Crippen LogP contribution in [0.25, 0.3) is 0 Å². The van der Waals surface area contributed by atoms with Gasteiger partial charge in [0.05, 0.1) is 5.69 Å². The number of anilines is 1. The van der Waals surface area contributed by atoms with Crippen LogP contribution in [0.5, 0.6) is 0 Å². The molecule has 0 saturated carbocycles. The first-order valence-corrected chi connectivity index (χ1v) is 5.38. The molecule has 1 saturated heterocycles. The Kier molecular flexibility index (Phi) is 3.40. The van der Waals surface area contributed by atoms with E-state index in [1.807, 2.05) is 0 Å². The standard InChI is InChI=1S/C13H10FNO3/c14-10-8-9(2-1-7-16)3-4-11(10)15-12(17)5-6-13(15)18/h3-4,8,16H,5-7H2. The van der Waals surface area contributed by atoms with Gasteiger partial charge in [-0.1, -0.05) is 11.8 Å². The molecule has 0 spiro atoms. The number of halogens is 1. The second-order valence-electron chi connectivity index (χ2n) is 3.75. The molecule has 0 atom stereocenters. The molecule has 4 nitrogen and oxygen atoms in total. The minimum absolute atomic E-state index is 0.0444. The normalized spacial score (nSPS) is 14.7. The van der Waals surface area contributed by atoms with Gasteiger partial charge in [0.2, 0.25) is 11.8 Å². The summed E-state index contributed by atoms with van der Waals surface area (Å²) in [6.07, 6.45) is 0.231. The van der Waals surface area contributed by atoms with Gasteiger partial charge < -0.3 is 5.11 Å². The number of hydrogen-bond acceptors (Lipinski definition) is 3.